The lowest BCUT2D eigenvalue weighted by Crippen LogP contribution is -2.42. The molecule has 1 rings (SSSR count). The Morgan fingerprint density at radius 1 is 0.839 bits per heavy atom. The molecule has 0 bridgehead atoms. The topological polar surface area (TPSA) is 79.2 Å². The van der Waals surface area contributed by atoms with E-state index >= 15 is 0 Å². The Labute approximate surface area is 191 Å². The van der Waals surface area contributed by atoms with E-state index in [1.54, 1.807) is 0 Å². The van der Waals surface area contributed by atoms with Crippen LogP contribution >= 0.6 is 0 Å². The average Bonchev–Trinajstić information content (AvgIpc) is 3.15. The van der Waals surface area contributed by atoms with Crippen LogP contribution in [0.15, 0.2) is 12.2 Å². The molecule has 0 amide bonds. The number of rotatable bonds is 21. The monoisotopic (exact) mass is 442 g/mol. The summed E-state index contributed by atoms with van der Waals surface area (Å²) in [6.45, 7) is 2.57. The molecule has 1 heterocycles. The van der Waals surface area contributed by atoms with E-state index in [1.165, 1.54) is 83.5 Å². The molecule has 5 nitrogen and oxygen atoms in total. The van der Waals surface area contributed by atoms with Crippen LogP contribution in [0.3, 0.4) is 0 Å². The van der Waals surface area contributed by atoms with Crippen LogP contribution in [0.5, 0.6) is 0 Å². The van der Waals surface area contributed by atoms with Crippen LogP contribution in [0.25, 0.3) is 0 Å². The Balaban J connectivity index is 1.84. The third-order valence-electron chi connectivity index (χ3n) is 6.20. The molecule has 0 saturated carbocycles. The Kier molecular flexibility index (Phi) is 18.6. The van der Waals surface area contributed by atoms with E-state index in [2.05, 4.69) is 19.1 Å². The molecule has 1 fully saturated rings. The number of hydrogen-bond acceptors (Lipinski definition) is 5. The summed E-state index contributed by atoms with van der Waals surface area (Å²) in [4.78, 5) is 0. The number of unbranched alkanes of at least 4 members (excludes halogenated alkanes) is 14. The van der Waals surface area contributed by atoms with E-state index in [9.17, 15) is 10.2 Å². The Hall–Kier alpha value is -0.460. The molecule has 1 aliphatic rings. The summed E-state index contributed by atoms with van der Waals surface area (Å²) in [5, 5.41) is 28.7. The zero-order valence-corrected chi connectivity index (χ0v) is 20.1. The highest BCUT2D eigenvalue weighted by atomic mass is 16.6. The van der Waals surface area contributed by atoms with Crippen LogP contribution < -0.4 is 0 Å². The van der Waals surface area contributed by atoms with E-state index in [0.717, 1.165) is 19.3 Å². The fourth-order valence-electron chi connectivity index (χ4n) is 4.18. The summed E-state index contributed by atoms with van der Waals surface area (Å²) >= 11 is 0. The van der Waals surface area contributed by atoms with Gasteiger partial charge in [0.05, 0.1) is 13.2 Å². The molecule has 184 valence electrons. The van der Waals surface area contributed by atoms with Crippen molar-refractivity contribution in [3.63, 3.8) is 0 Å². The van der Waals surface area contributed by atoms with Crippen molar-refractivity contribution in [1.82, 2.24) is 0 Å². The molecular weight excluding hydrogens is 392 g/mol. The van der Waals surface area contributed by atoms with Crippen molar-refractivity contribution in [3.8, 4) is 0 Å². The van der Waals surface area contributed by atoms with E-state index in [-0.39, 0.29) is 13.2 Å². The first-order valence-corrected chi connectivity index (χ1v) is 13.1. The minimum Gasteiger partial charge on any atom is -0.394 e. The van der Waals surface area contributed by atoms with Gasteiger partial charge in [-0.05, 0) is 32.1 Å². The number of ether oxygens (including phenoxy) is 2. The number of hydrogen-bond donors (Lipinski definition) is 3. The highest BCUT2D eigenvalue weighted by Crippen LogP contribution is 2.21. The molecule has 1 aliphatic heterocycles. The van der Waals surface area contributed by atoms with Gasteiger partial charge in [0.15, 0.2) is 0 Å². The largest absolute Gasteiger partial charge is 0.394 e. The van der Waals surface area contributed by atoms with Crippen LogP contribution in [-0.4, -0.2) is 59.6 Å². The molecule has 0 spiro atoms. The Bertz CT molecular complexity index is 415. The second-order valence-corrected chi connectivity index (χ2v) is 9.10. The minimum absolute atomic E-state index is 0.147. The number of aliphatic hydroxyl groups excluding tert-OH is 3. The van der Waals surface area contributed by atoms with Gasteiger partial charge >= 0.3 is 0 Å². The van der Waals surface area contributed by atoms with Crippen LogP contribution in [0.1, 0.15) is 110 Å². The molecule has 0 aromatic rings. The second-order valence-electron chi connectivity index (χ2n) is 9.10. The standard InChI is InChI=1S/C26H50O5/c1-2-3-4-5-6-7-8-9-10-11-12-13-14-15-16-17-18-19-20-30-26-24(29)22-31-25(26)23(28)21-27/h15-16,23-29H,2-14,17-22H2,1H3/b16-15+/t23-,24+,25+,26+/m0/s1. The van der Waals surface area contributed by atoms with Gasteiger partial charge in [0.2, 0.25) is 0 Å². The van der Waals surface area contributed by atoms with E-state index in [4.69, 9.17) is 14.6 Å². The average molecular weight is 443 g/mol. The molecule has 0 aromatic carbocycles. The molecular formula is C26H50O5. The number of allylic oxidation sites excluding steroid dienone is 2. The molecule has 0 aromatic heterocycles. The highest BCUT2D eigenvalue weighted by Gasteiger charge is 2.40. The van der Waals surface area contributed by atoms with Gasteiger partial charge in [-0.25, -0.2) is 0 Å². The SMILES string of the molecule is CCCCCCCCCCCCCC/C=C/CCCCO[C@H]1[C@@H]([C@@H](O)CO)OC[C@H]1O. The summed E-state index contributed by atoms with van der Waals surface area (Å²) in [7, 11) is 0. The smallest absolute Gasteiger partial charge is 0.114 e. The quantitative estimate of drug-likeness (QED) is 0.166. The summed E-state index contributed by atoms with van der Waals surface area (Å²) in [5.41, 5.74) is 0. The van der Waals surface area contributed by atoms with Crippen LogP contribution in [0.2, 0.25) is 0 Å². The predicted molar refractivity (Wildman–Crippen MR) is 127 cm³/mol. The van der Waals surface area contributed by atoms with Crippen LogP contribution in [0, 0.1) is 0 Å². The normalized spacial score (nSPS) is 22.5. The van der Waals surface area contributed by atoms with E-state index < -0.39 is 24.4 Å². The van der Waals surface area contributed by atoms with Gasteiger partial charge in [0.25, 0.3) is 0 Å². The fraction of sp³-hybridized carbons (Fsp3) is 0.923. The van der Waals surface area contributed by atoms with Crippen molar-refractivity contribution < 1.29 is 24.8 Å². The molecule has 3 N–H and O–H groups in total. The first-order valence-electron chi connectivity index (χ1n) is 13.1. The minimum atomic E-state index is -1.01. The van der Waals surface area contributed by atoms with Gasteiger partial charge in [-0.3, -0.25) is 0 Å². The van der Waals surface area contributed by atoms with Crippen molar-refractivity contribution >= 4 is 0 Å². The van der Waals surface area contributed by atoms with Crippen molar-refractivity contribution in [3.05, 3.63) is 12.2 Å². The van der Waals surface area contributed by atoms with Gasteiger partial charge in [0.1, 0.15) is 24.4 Å². The van der Waals surface area contributed by atoms with Crippen molar-refractivity contribution in [2.24, 2.45) is 0 Å². The van der Waals surface area contributed by atoms with Crippen molar-refractivity contribution in [2.75, 3.05) is 19.8 Å². The van der Waals surface area contributed by atoms with Gasteiger partial charge in [-0.1, -0.05) is 89.7 Å². The molecule has 4 atom stereocenters. The van der Waals surface area contributed by atoms with Gasteiger partial charge < -0.3 is 24.8 Å². The fourth-order valence-corrected chi connectivity index (χ4v) is 4.18. The molecule has 0 unspecified atom stereocenters. The summed E-state index contributed by atoms with van der Waals surface area (Å²) in [5.74, 6) is 0. The summed E-state index contributed by atoms with van der Waals surface area (Å²) in [6.07, 6.45) is 22.5. The maximum Gasteiger partial charge on any atom is 0.114 e. The third kappa shape index (κ3) is 14.3. The Morgan fingerprint density at radius 3 is 1.90 bits per heavy atom. The predicted octanol–water partition coefficient (Wildman–Crippen LogP) is 5.30. The van der Waals surface area contributed by atoms with Crippen molar-refractivity contribution in [1.29, 1.82) is 0 Å². The lowest BCUT2D eigenvalue weighted by Gasteiger charge is -2.23. The number of aliphatic hydroxyl groups is 3. The summed E-state index contributed by atoms with van der Waals surface area (Å²) in [6, 6.07) is 0. The Morgan fingerprint density at radius 2 is 1.35 bits per heavy atom. The molecule has 5 heteroatoms. The maximum atomic E-state index is 9.90. The van der Waals surface area contributed by atoms with Gasteiger partial charge in [-0.15, -0.1) is 0 Å². The lowest BCUT2D eigenvalue weighted by atomic mass is 10.0. The van der Waals surface area contributed by atoms with Crippen LogP contribution in [-0.2, 0) is 9.47 Å². The maximum absolute atomic E-state index is 9.90. The molecule has 0 aliphatic carbocycles. The first kappa shape index (κ1) is 28.6. The molecule has 1 saturated heterocycles. The zero-order valence-electron chi connectivity index (χ0n) is 20.1. The highest BCUT2D eigenvalue weighted by molar-refractivity contribution is 4.89. The summed E-state index contributed by atoms with van der Waals surface area (Å²) < 4.78 is 11.0. The lowest BCUT2D eigenvalue weighted by molar-refractivity contribution is -0.0937. The van der Waals surface area contributed by atoms with Crippen molar-refractivity contribution in [2.45, 2.75) is 134 Å². The van der Waals surface area contributed by atoms with Gasteiger partial charge in [0, 0.05) is 6.61 Å². The third-order valence-corrected chi connectivity index (χ3v) is 6.20. The second kappa shape index (κ2) is 20.2. The zero-order chi connectivity index (χ0) is 22.6. The molecule has 31 heavy (non-hydrogen) atoms. The van der Waals surface area contributed by atoms with E-state index in [1.807, 2.05) is 0 Å². The molecule has 0 radical (unpaired) electrons. The van der Waals surface area contributed by atoms with E-state index in [0.29, 0.717) is 6.61 Å². The van der Waals surface area contributed by atoms with Gasteiger partial charge in [-0.2, -0.15) is 0 Å². The first-order chi connectivity index (χ1) is 15.2. The van der Waals surface area contributed by atoms with Crippen LogP contribution in [0.4, 0.5) is 0 Å².